The van der Waals surface area contributed by atoms with E-state index < -0.39 is 22.8 Å². The van der Waals surface area contributed by atoms with Crippen LogP contribution in [0.1, 0.15) is 18.4 Å². The average molecular weight is 281 g/mol. The van der Waals surface area contributed by atoms with E-state index in [-0.39, 0.29) is 25.1 Å². The number of rotatable bonds is 7. The number of hydrogen-bond donors (Lipinski definition) is 2. The Balaban J connectivity index is 2.44. The number of benzene rings is 1. The fourth-order valence-electron chi connectivity index (χ4n) is 1.39. The molecule has 108 valence electrons. The molecular formula is C12H15N3O5. The van der Waals surface area contributed by atoms with Gasteiger partial charge in [0.15, 0.2) is 0 Å². The smallest absolute Gasteiger partial charge is 0.323 e. The molecule has 0 saturated heterocycles. The summed E-state index contributed by atoms with van der Waals surface area (Å²) in [5.74, 6) is -1.19. The molecule has 8 heteroatoms. The van der Waals surface area contributed by atoms with Crippen molar-refractivity contribution in [1.82, 2.24) is 0 Å². The van der Waals surface area contributed by atoms with Crippen molar-refractivity contribution in [2.45, 2.75) is 25.5 Å². The summed E-state index contributed by atoms with van der Waals surface area (Å²) in [7, 11) is 0. The maximum absolute atomic E-state index is 11.5. The van der Waals surface area contributed by atoms with Crippen molar-refractivity contribution in [2.24, 2.45) is 11.5 Å². The number of nitrogens with two attached hydrogens (primary N) is 2. The van der Waals surface area contributed by atoms with E-state index in [1.54, 1.807) is 0 Å². The van der Waals surface area contributed by atoms with Crippen LogP contribution in [0, 0.1) is 10.1 Å². The molecule has 0 aromatic heterocycles. The number of carbonyl (C=O) groups is 2. The van der Waals surface area contributed by atoms with Crippen molar-refractivity contribution >= 4 is 17.6 Å². The van der Waals surface area contributed by atoms with Crippen LogP contribution >= 0.6 is 0 Å². The maximum atomic E-state index is 11.5. The van der Waals surface area contributed by atoms with Crippen LogP contribution in [-0.4, -0.2) is 22.8 Å². The van der Waals surface area contributed by atoms with Gasteiger partial charge in [-0.15, -0.1) is 0 Å². The minimum absolute atomic E-state index is 0.00774. The molecule has 4 N–H and O–H groups in total. The topological polar surface area (TPSA) is 139 Å². The predicted molar refractivity (Wildman–Crippen MR) is 69.3 cm³/mol. The zero-order chi connectivity index (χ0) is 15.1. The largest absolute Gasteiger partial charge is 0.460 e. The summed E-state index contributed by atoms with van der Waals surface area (Å²) < 4.78 is 4.94. The number of nitrogens with zero attached hydrogens (tertiary/aromatic N) is 1. The molecule has 0 bridgehead atoms. The Morgan fingerprint density at radius 1 is 1.30 bits per heavy atom. The van der Waals surface area contributed by atoms with E-state index in [4.69, 9.17) is 16.2 Å². The highest BCUT2D eigenvalue weighted by Crippen LogP contribution is 2.12. The van der Waals surface area contributed by atoms with E-state index in [1.807, 2.05) is 0 Å². The van der Waals surface area contributed by atoms with E-state index in [0.717, 1.165) is 0 Å². The number of esters is 1. The molecule has 0 aliphatic rings. The number of nitro benzene ring substituents is 1. The lowest BCUT2D eigenvalue weighted by molar-refractivity contribution is -0.384. The zero-order valence-electron chi connectivity index (χ0n) is 10.7. The molecule has 0 fully saturated rings. The minimum Gasteiger partial charge on any atom is -0.460 e. The molecule has 0 saturated carbocycles. The van der Waals surface area contributed by atoms with Gasteiger partial charge in [0, 0.05) is 18.6 Å². The molecule has 0 heterocycles. The number of amides is 1. The van der Waals surface area contributed by atoms with Gasteiger partial charge in [-0.1, -0.05) is 0 Å². The van der Waals surface area contributed by atoms with Crippen molar-refractivity contribution in [3.8, 4) is 0 Å². The molecule has 0 spiro atoms. The van der Waals surface area contributed by atoms with Crippen molar-refractivity contribution in [1.29, 1.82) is 0 Å². The fraction of sp³-hybridized carbons (Fsp3) is 0.333. The Bertz CT molecular complexity index is 500. The highest BCUT2D eigenvalue weighted by molar-refractivity contribution is 5.78. The second-order valence-electron chi connectivity index (χ2n) is 4.14. The molecular weight excluding hydrogens is 266 g/mol. The lowest BCUT2D eigenvalue weighted by atomic mass is 10.1. The lowest BCUT2D eigenvalue weighted by Gasteiger charge is -2.10. The summed E-state index contributed by atoms with van der Waals surface area (Å²) >= 11 is 0. The number of hydrogen-bond acceptors (Lipinski definition) is 6. The van der Waals surface area contributed by atoms with Crippen molar-refractivity contribution in [3.05, 3.63) is 39.9 Å². The first-order chi connectivity index (χ1) is 9.40. The van der Waals surface area contributed by atoms with Crippen molar-refractivity contribution < 1.29 is 19.2 Å². The number of carbonyl (C=O) groups excluding carboxylic acids is 2. The second-order valence-corrected chi connectivity index (χ2v) is 4.14. The van der Waals surface area contributed by atoms with Gasteiger partial charge in [-0.05, 0) is 24.1 Å². The third-order valence-corrected chi connectivity index (χ3v) is 2.53. The van der Waals surface area contributed by atoms with Gasteiger partial charge in [0.1, 0.15) is 12.6 Å². The quantitative estimate of drug-likeness (QED) is 0.416. The predicted octanol–water partition coefficient (Wildman–Crippen LogP) is 0.231. The van der Waals surface area contributed by atoms with Crippen LogP contribution in [-0.2, 0) is 20.9 Å². The van der Waals surface area contributed by atoms with Crippen LogP contribution in [0.15, 0.2) is 24.3 Å². The average Bonchev–Trinajstić information content (AvgIpc) is 2.42. The Kier molecular flexibility index (Phi) is 5.60. The van der Waals surface area contributed by atoms with Gasteiger partial charge in [-0.2, -0.15) is 0 Å². The normalized spacial score (nSPS) is 11.7. The van der Waals surface area contributed by atoms with Gasteiger partial charge in [0.2, 0.25) is 5.91 Å². The van der Waals surface area contributed by atoms with Crippen molar-refractivity contribution in [2.75, 3.05) is 0 Å². The monoisotopic (exact) mass is 281 g/mol. The molecule has 0 aliphatic carbocycles. The summed E-state index contributed by atoms with van der Waals surface area (Å²) in [4.78, 5) is 32.0. The SMILES string of the molecule is NC(=O)CC[C@H](N)C(=O)OCc1ccc([N+](=O)[O-])cc1. The van der Waals surface area contributed by atoms with Gasteiger partial charge in [0.05, 0.1) is 4.92 Å². The number of ether oxygens (including phenoxy) is 1. The molecule has 1 aromatic carbocycles. The Morgan fingerprint density at radius 3 is 2.40 bits per heavy atom. The number of primary amides is 1. The zero-order valence-corrected chi connectivity index (χ0v) is 10.7. The maximum Gasteiger partial charge on any atom is 0.323 e. The number of non-ortho nitro benzene ring substituents is 1. The van der Waals surface area contributed by atoms with Gasteiger partial charge in [0.25, 0.3) is 5.69 Å². The Hall–Kier alpha value is -2.48. The molecule has 1 atom stereocenters. The van der Waals surface area contributed by atoms with Gasteiger partial charge >= 0.3 is 5.97 Å². The first-order valence-electron chi connectivity index (χ1n) is 5.84. The highest BCUT2D eigenvalue weighted by atomic mass is 16.6. The van der Waals surface area contributed by atoms with E-state index in [2.05, 4.69) is 0 Å². The molecule has 0 aliphatic heterocycles. The summed E-state index contributed by atoms with van der Waals surface area (Å²) in [5.41, 5.74) is 11.0. The standard InChI is InChI=1S/C12H15N3O5/c13-10(5-6-11(14)16)12(17)20-7-8-1-3-9(4-2-8)15(18)19/h1-4,10H,5-7,13H2,(H2,14,16)/t10-/m0/s1. The van der Waals surface area contributed by atoms with E-state index >= 15 is 0 Å². The van der Waals surface area contributed by atoms with Crippen LogP contribution in [0.3, 0.4) is 0 Å². The summed E-state index contributed by atoms with van der Waals surface area (Å²) in [6.07, 6.45) is 0.127. The van der Waals surface area contributed by atoms with E-state index in [0.29, 0.717) is 5.56 Å². The summed E-state index contributed by atoms with van der Waals surface area (Å²) in [6, 6.07) is 4.69. The molecule has 20 heavy (non-hydrogen) atoms. The fourth-order valence-corrected chi connectivity index (χ4v) is 1.39. The van der Waals surface area contributed by atoms with E-state index in [1.165, 1.54) is 24.3 Å². The summed E-state index contributed by atoms with van der Waals surface area (Å²) in [5, 5.41) is 10.5. The van der Waals surface area contributed by atoms with Crippen LogP contribution in [0.2, 0.25) is 0 Å². The van der Waals surface area contributed by atoms with Crippen molar-refractivity contribution in [3.63, 3.8) is 0 Å². The third kappa shape index (κ3) is 5.02. The molecule has 8 nitrogen and oxygen atoms in total. The van der Waals surface area contributed by atoms with Crippen LogP contribution in [0.5, 0.6) is 0 Å². The first-order valence-corrected chi connectivity index (χ1v) is 5.84. The Labute approximate surface area is 114 Å². The molecule has 1 rings (SSSR count). The van der Waals surface area contributed by atoms with Gasteiger partial charge < -0.3 is 16.2 Å². The second kappa shape index (κ2) is 7.19. The van der Waals surface area contributed by atoms with Crippen LogP contribution < -0.4 is 11.5 Å². The third-order valence-electron chi connectivity index (χ3n) is 2.53. The minimum atomic E-state index is -0.916. The van der Waals surface area contributed by atoms with Gasteiger partial charge in [-0.25, -0.2) is 0 Å². The first kappa shape index (κ1) is 15.6. The molecule has 1 aromatic rings. The van der Waals surface area contributed by atoms with Crippen LogP contribution in [0.4, 0.5) is 5.69 Å². The molecule has 0 radical (unpaired) electrons. The highest BCUT2D eigenvalue weighted by Gasteiger charge is 2.16. The molecule has 0 unspecified atom stereocenters. The summed E-state index contributed by atoms with van der Waals surface area (Å²) in [6.45, 7) is -0.0406. The van der Waals surface area contributed by atoms with Gasteiger partial charge in [-0.3, -0.25) is 19.7 Å². The van der Waals surface area contributed by atoms with Crippen LogP contribution in [0.25, 0.3) is 0 Å². The van der Waals surface area contributed by atoms with E-state index in [9.17, 15) is 19.7 Å². The Morgan fingerprint density at radius 2 is 1.90 bits per heavy atom. The number of nitro groups is 1. The lowest BCUT2D eigenvalue weighted by Crippen LogP contribution is -2.33. The molecule has 1 amide bonds.